The molecule has 2 aromatic heterocycles. The molecule has 2 aliphatic heterocycles. The second-order valence-electron chi connectivity index (χ2n) is 9.02. The molecule has 42 heavy (non-hydrogen) atoms. The molecule has 2 amide bonds. The van der Waals surface area contributed by atoms with Crippen molar-refractivity contribution in [3.05, 3.63) is 45.9 Å². The van der Waals surface area contributed by atoms with Gasteiger partial charge in [-0.15, -0.1) is 45.1 Å². The fourth-order valence-electron chi connectivity index (χ4n) is 4.21. The number of hydrogen-bond acceptors (Lipinski definition) is 13. The first kappa shape index (κ1) is 35.6. The molecule has 2 saturated heterocycles. The number of benzene rings is 1. The standard InChI is InChI=1S/C23H22N6O6S5.2Na.2H/c1-10-27-28-22(39-10)38-9-23(20(34)35)7-29-17(31)14(18(29)37-8-23)26-16(30)15(12-6-36-21(24)25-12)40-13-5-3-2-4-11(13)19(32)33;;;;/h2-6,14-15,18H,7-9H2,1H3,(H2,24,25)(H,26,30)(H,32,33)(H,34,35);;;;/q;2*+1;2*-1/t14?,15?,18-,23?;;;;/m1..../s1. The number of β-lactam (4-membered cyclic amide) rings is 1. The largest absolute Gasteiger partial charge is 1.00 e. The Balaban J connectivity index is 0.00000242. The third-order valence-electron chi connectivity index (χ3n) is 6.28. The monoisotopic (exact) mass is 686 g/mol. The summed E-state index contributed by atoms with van der Waals surface area (Å²) in [7, 11) is 0. The van der Waals surface area contributed by atoms with Gasteiger partial charge in [-0.2, -0.15) is 0 Å². The number of nitrogen functional groups attached to an aromatic ring is 1. The summed E-state index contributed by atoms with van der Waals surface area (Å²) in [5.41, 5.74) is 5.01. The zero-order valence-corrected chi connectivity index (χ0v) is 30.8. The van der Waals surface area contributed by atoms with Crippen LogP contribution in [-0.2, 0) is 14.4 Å². The predicted octanol–water partition coefficient (Wildman–Crippen LogP) is -3.09. The van der Waals surface area contributed by atoms with Gasteiger partial charge in [-0.3, -0.25) is 14.4 Å². The molecule has 2 aliphatic rings. The molecule has 2 fully saturated rings. The number of hydrogen-bond donors (Lipinski definition) is 4. The van der Waals surface area contributed by atoms with Gasteiger partial charge in [0.1, 0.15) is 27.1 Å². The van der Waals surface area contributed by atoms with Gasteiger partial charge in [0.2, 0.25) is 11.8 Å². The maximum Gasteiger partial charge on any atom is 1.00 e. The van der Waals surface area contributed by atoms with Crippen LogP contribution in [0, 0.1) is 12.3 Å². The number of rotatable bonds is 10. The van der Waals surface area contributed by atoms with Crippen molar-refractivity contribution in [1.29, 1.82) is 0 Å². The zero-order valence-electron chi connectivity index (χ0n) is 24.7. The maximum absolute atomic E-state index is 13.5. The first-order valence-electron chi connectivity index (χ1n) is 11.7. The van der Waals surface area contributed by atoms with Crippen LogP contribution in [0.5, 0.6) is 0 Å². The fourth-order valence-corrected chi connectivity index (χ4v) is 9.67. The van der Waals surface area contributed by atoms with Crippen LogP contribution >= 0.6 is 58.0 Å². The van der Waals surface area contributed by atoms with Gasteiger partial charge in [-0.1, -0.05) is 35.2 Å². The molecule has 0 spiro atoms. The van der Waals surface area contributed by atoms with Gasteiger partial charge in [-0.05, 0) is 19.1 Å². The number of nitrogens with zero attached hydrogens (tertiary/aromatic N) is 4. The Labute approximate surface area is 308 Å². The van der Waals surface area contributed by atoms with E-state index in [9.17, 15) is 29.4 Å². The Hall–Kier alpha value is -0.860. The van der Waals surface area contributed by atoms with Crippen molar-refractivity contribution >= 4 is 86.8 Å². The molecule has 19 heteroatoms. The summed E-state index contributed by atoms with van der Waals surface area (Å²) in [6.07, 6.45) is 0. The topological polar surface area (TPSA) is 189 Å². The molecule has 4 atom stereocenters. The molecule has 4 heterocycles. The minimum atomic E-state index is -1.17. The minimum absolute atomic E-state index is 0. The van der Waals surface area contributed by atoms with E-state index in [4.69, 9.17) is 5.73 Å². The van der Waals surface area contributed by atoms with Crippen molar-refractivity contribution < 1.29 is 91.4 Å². The number of carboxylic acid groups (broad SMARTS) is 2. The summed E-state index contributed by atoms with van der Waals surface area (Å²) in [5, 5.41) is 31.7. The molecule has 0 aliphatic carbocycles. The van der Waals surface area contributed by atoms with Crippen molar-refractivity contribution in [2.75, 3.05) is 23.8 Å². The quantitative estimate of drug-likeness (QED) is 0.0956. The van der Waals surface area contributed by atoms with Crippen molar-refractivity contribution in [2.24, 2.45) is 5.41 Å². The van der Waals surface area contributed by atoms with E-state index in [1.54, 1.807) is 23.6 Å². The summed E-state index contributed by atoms with van der Waals surface area (Å²) in [6.45, 7) is 1.84. The van der Waals surface area contributed by atoms with E-state index >= 15 is 0 Å². The number of thiazole rings is 1. The van der Waals surface area contributed by atoms with Crippen LogP contribution in [0.3, 0.4) is 0 Å². The molecule has 1 aromatic carbocycles. The van der Waals surface area contributed by atoms with Crippen LogP contribution in [0.25, 0.3) is 0 Å². The molecule has 5 N–H and O–H groups in total. The SMILES string of the molecule is Cc1nnc(SCC2(C(=O)O)CS[C@@H]3C(NC(=O)C(Sc4ccccc4C(=O)O)c4csc(N)n4)C(=O)N3C2)s1.[H-].[H-].[Na+].[Na+]. The normalized spacial score (nSPS) is 21.6. The number of aromatic carboxylic acids is 1. The average molecular weight is 687 g/mol. The van der Waals surface area contributed by atoms with Gasteiger partial charge >= 0.3 is 71.1 Å². The number of carbonyl (C=O) groups excluding carboxylic acids is 2. The first-order valence-corrected chi connectivity index (χ1v) is 16.3. The van der Waals surface area contributed by atoms with Gasteiger partial charge in [0, 0.05) is 28.3 Å². The third-order valence-corrected chi connectivity index (χ3v) is 12.1. The van der Waals surface area contributed by atoms with Crippen LogP contribution < -0.4 is 70.2 Å². The van der Waals surface area contributed by atoms with E-state index in [1.165, 1.54) is 45.8 Å². The zero-order chi connectivity index (χ0) is 28.6. The summed E-state index contributed by atoms with van der Waals surface area (Å²) in [4.78, 5) is 56.8. The Morgan fingerprint density at radius 3 is 2.62 bits per heavy atom. The number of amides is 2. The van der Waals surface area contributed by atoms with Crippen LogP contribution in [0.4, 0.5) is 5.13 Å². The van der Waals surface area contributed by atoms with Gasteiger partial charge < -0.3 is 29.0 Å². The number of anilines is 1. The summed E-state index contributed by atoms with van der Waals surface area (Å²) in [6, 6.07) is 5.46. The number of thioether (sulfide) groups is 3. The molecule has 12 nitrogen and oxygen atoms in total. The van der Waals surface area contributed by atoms with E-state index in [2.05, 4.69) is 20.5 Å². The van der Waals surface area contributed by atoms with E-state index in [1.807, 2.05) is 6.92 Å². The molecular formula is C23H24N6Na2O6S5. The number of nitrogens with two attached hydrogens (primary N) is 1. The Kier molecular flexibility index (Phi) is 12.7. The Bertz CT molecular complexity index is 1500. The van der Waals surface area contributed by atoms with E-state index in [0.717, 1.165) is 28.1 Å². The Morgan fingerprint density at radius 2 is 2.00 bits per heavy atom. The predicted molar refractivity (Wildman–Crippen MR) is 156 cm³/mol. The summed E-state index contributed by atoms with van der Waals surface area (Å²) in [5.74, 6) is -2.55. The average Bonchev–Trinajstić information content (AvgIpc) is 3.56. The van der Waals surface area contributed by atoms with Crippen molar-refractivity contribution in [3.8, 4) is 0 Å². The number of fused-ring (bicyclic) bond motifs is 1. The van der Waals surface area contributed by atoms with Gasteiger partial charge in [-0.25, -0.2) is 9.78 Å². The van der Waals surface area contributed by atoms with Gasteiger partial charge in [0.05, 0.1) is 11.3 Å². The smallest absolute Gasteiger partial charge is 1.00 e. The second-order valence-corrected chi connectivity index (χ2v) is 14.6. The molecule has 3 aromatic rings. The van der Waals surface area contributed by atoms with Crippen LogP contribution in [-0.4, -0.2) is 83.5 Å². The minimum Gasteiger partial charge on any atom is -1.00 e. The number of aryl methyl sites for hydroxylation is 1. The molecule has 5 rings (SSSR count). The first-order chi connectivity index (χ1) is 19.1. The molecule has 0 bridgehead atoms. The number of aliphatic carboxylic acids is 1. The maximum atomic E-state index is 13.5. The molecular weight excluding hydrogens is 663 g/mol. The molecule has 0 saturated carbocycles. The summed E-state index contributed by atoms with van der Waals surface area (Å²) >= 11 is 6.15. The number of nitrogens with one attached hydrogen (secondary N) is 1. The number of aromatic nitrogens is 3. The van der Waals surface area contributed by atoms with Crippen LogP contribution in [0.2, 0.25) is 0 Å². The van der Waals surface area contributed by atoms with Gasteiger partial charge in [0.15, 0.2) is 9.47 Å². The second kappa shape index (κ2) is 14.9. The number of carboxylic acids is 2. The third kappa shape index (κ3) is 7.50. The summed E-state index contributed by atoms with van der Waals surface area (Å²) < 4.78 is 0.668. The molecule has 3 unspecified atom stereocenters. The number of carbonyl (C=O) groups is 4. The van der Waals surface area contributed by atoms with Crippen molar-refractivity contribution in [1.82, 2.24) is 25.4 Å². The van der Waals surface area contributed by atoms with Crippen LogP contribution in [0.1, 0.15) is 29.2 Å². The van der Waals surface area contributed by atoms with E-state index in [-0.39, 0.29) is 96.6 Å². The van der Waals surface area contributed by atoms with Gasteiger partial charge in [0.25, 0.3) is 0 Å². The van der Waals surface area contributed by atoms with Crippen LogP contribution in [0.15, 0.2) is 38.9 Å². The molecule has 214 valence electrons. The van der Waals surface area contributed by atoms with Crippen molar-refractivity contribution in [3.63, 3.8) is 0 Å². The fraction of sp³-hybridized carbons (Fsp3) is 0.348. The van der Waals surface area contributed by atoms with E-state index in [0.29, 0.717) is 14.9 Å². The van der Waals surface area contributed by atoms with E-state index < -0.39 is 39.9 Å². The Morgan fingerprint density at radius 1 is 1.26 bits per heavy atom. The van der Waals surface area contributed by atoms with Crippen molar-refractivity contribution in [2.45, 2.75) is 32.8 Å². The molecule has 0 radical (unpaired) electrons.